The first-order valence-corrected chi connectivity index (χ1v) is 7.47. The summed E-state index contributed by atoms with van der Waals surface area (Å²) in [6.07, 6.45) is 3.63. The molecule has 0 spiro atoms. The molecule has 1 amide bonds. The van der Waals surface area contributed by atoms with Crippen LogP contribution in [0.5, 0.6) is 5.75 Å². The lowest BCUT2D eigenvalue weighted by Crippen LogP contribution is -2.32. The van der Waals surface area contributed by atoms with Crippen LogP contribution in [0.25, 0.3) is 0 Å². The first kappa shape index (κ1) is 15.8. The van der Waals surface area contributed by atoms with Gasteiger partial charge in [-0.05, 0) is 49.9 Å². The zero-order valence-electron chi connectivity index (χ0n) is 12.5. The van der Waals surface area contributed by atoms with Gasteiger partial charge in [0.05, 0.1) is 6.61 Å². The molecule has 0 saturated heterocycles. The number of hydrogen-bond donors (Lipinski definition) is 2. The third-order valence-corrected chi connectivity index (χ3v) is 3.82. The summed E-state index contributed by atoms with van der Waals surface area (Å²) in [6, 6.07) is 7.67. The molecule has 5 nitrogen and oxygen atoms in total. The molecule has 0 radical (unpaired) electrons. The van der Waals surface area contributed by atoms with Gasteiger partial charge < -0.3 is 20.5 Å². The number of nitrogens with one attached hydrogen (secondary N) is 1. The fraction of sp³-hybridized carbons (Fsp3) is 0.562. The van der Waals surface area contributed by atoms with Crippen molar-refractivity contribution in [3.8, 4) is 5.75 Å². The Morgan fingerprint density at radius 1 is 1.19 bits per heavy atom. The Balaban J connectivity index is 1.81. The number of benzene rings is 1. The van der Waals surface area contributed by atoms with Crippen LogP contribution >= 0.6 is 0 Å². The maximum Gasteiger partial charge on any atom is 0.227 e. The van der Waals surface area contributed by atoms with Crippen molar-refractivity contribution in [1.82, 2.24) is 0 Å². The number of anilines is 1. The van der Waals surface area contributed by atoms with Crippen molar-refractivity contribution < 1.29 is 14.3 Å². The molecule has 0 aliphatic heterocycles. The first-order chi connectivity index (χ1) is 10.2. The highest BCUT2D eigenvalue weighted by molar-refractivity contribution is 5.92. The van der Waals surface area contributed by atoms with E-state index in [0.717, 1.165) is 37.1 Å². The van der Waals surface area contributed by atoms with E-state index >= 15 is 0 Å². The van der Waals surface area contributed by atoms with Crippen molar-refractivity contribution in [2.75, 3.05) is 25.6 Å². The summed E-state index contributed by atoms with van der Waals surface area (Å²) in [5.74, 6) is 0.950. The van der Waals surface area contributed by atoms with Gasteiger partial charge in [-0.1, -0.05) is 0 Å². The first-order valence-electron chi connectivity index (χ1n) is 7.47. The number of hydrogen-bond acceptors (Lipinski definition) is 4. The number of rotatable bonds is 6. The smallest absolute Gasteiger partial charge is 0.227 e. The largest absolute Gasteiger partial charge is 0.491 e. The summed E-state index contributed by atoms with van der Waals surface area (Å²) in [4.78, 5) is 12.2. The molecule has 3 N–H and O–H groups in total. The van der Waals surface area contributed by atoms with E-state index in [2.05, 4.69) is 5.32 Å². The molecule has 2 rings (SSSR count). The summed E-state index contributed by atoms with van der Waals surface area (Å²) in [6.45, 7) is 1.08. The predicted molar refractivity (Wildman–Crippen MR) is 82.4 cm³/mol. The molecule has 1 aliphatic rings. The second-order valence-electron chi connectivity index (χ2n) is 5.47. The van der Waals surface area contributed by atoms with Crippen LogP contribution in [0.3, 0.4) is 0 Å². The highest BCUT2D eigenvalue weighted by Crippen LogP contribution is 2.25. The van der Waals surface area contributed by atoms with E-state index in [1.54, 1.807) is 7.11 Å². The van der Waals surface area contributed by atoms with Crippen LogP contribution in [0, 0.1) is 5.92 Å². The van der Waals surface area contributed by atoms with E-state index in [1.807, 2.05) is 24.3 Å². The maximum absolute atomic E-state index is 12.2. The van der Waals surface area contributed by atoms with Gasteiger partial charge in [-0.15, -0.1) is 0 Å². The normalized spacial score (nSPS) is 21.8. The zero-order valence-corrected chi connectivity index (χ0v) is 12.5. The molecule has 1 saturated carbocycles. The predicted octanol–water partition coefficient (Wildman–Crippen LogP) is 2.17. The summed E-state index contributed by atoms with van der Waals surface area (Å²) >= 11 is 0. The van der Waals surface area contributed by atoms with Crippen LogP contribution in [0.4, 0.5) is 5.69 Å². The van der Waals surface area contributed by atoms with Gasteiger partial charge in [0.1, 0.15) is 12.4 Å². The summed E-state index contributed by atoms with van der Waals surface area (Å²) in [5.41, 5.74) is 6.66. The zero-order chi connectivity index (χ0) is 15.1. The van der Waals surface area contributed by atoms with Gasteiger partial charge in [0, 0.05) is 24.8 Å². The van der Waals surface area contributed by atoms with Crippen LogP contribution in [-0.4, -0.2) is 32.3 Å². The Morgan fingerprint density at radius 2 is 1.86 bits per heavy atom. The lowest BCUT2D eigenvalue weighted by Gasteiger charge is -2.25. The average Bonchev–Trinajstić information content (AvgIpc) is 2.50. The molecule has 1 aromatic carbocycles. The fourth-order valence-corrected chi connectivity index (χ4v) is 2.50. The highest BCUT2D eigenvalue weighted by atomic mass is 16.5. The van der Waals surface area contributed by atoms with Gasteiger partial charge in [-0.25, -0.2) is 0 Å². The maximum atomic E-state index is 12.2. The third kappa shape index (κ3) is 5.02. The minimum Gasteiger partial charge on any atom is -0.491 e. The van der Waals surface area contributed by atoms with E-state index in [0.29, 0.717) is 13.2 Å². The standard InChI is InChI=1S/C16H24N2O3/c1-20-10-11-21-15-8-6-14(7-9-15)18-16(19)12-2-4-13(17)5-3-12/h6-9,12-13H,2-5,10-11,17H2,1H3,(H,18,19). The molecule has 0 heterocycles. The highest BCUT2D eigenvalue weighted by Gasteiger charge is 2.24. The van der Waals surface area contributed by atoms with Gasteiger partial charge >= 0.3 is 0 Å². The van der Waals surface area contributed by atoms with E-state index in [1.165, 1.54) is 0 Å². The minimum atomic E-state index is 0.0856. The Morgan fingerprint density at radius 3 is 2.48 bits per heavy atom. The van der Waals surface area contributed by atoms with Crippen LogP contribution < -0.4 is 15.8 Å². The van der Waals surface area contributed by atoms with Gasteiger partial charge in [-0.2, -0.15) is 0 Å². The second kappa shape index (κ2) is 8.00. The van der Waals surface area contributed by atoms with Gasteiger partial charge in [-0.3, -0.25) is 4.79 Å². The van der Waals surface area contributed by atoms with Crippen molar-refractivity contribution in [2.45, 2.75) is 31.7 Å². The Kier molecular flexibility index (Phi) is 6.02. The molecule has 0 atom stereocenters. The SMILES string of the molecule is COCCOc1ccc(NC(=O)C2CCC(N)CC2)cc1. The molecule has 1 aromatic rings. The summed E-state index contributed by atoms with van der Waals surface area (Å²) in [5, 5.41) is 2.96. The molecular weight excluding hydrogens is 268 g/mol. The lowest BCUT2D eigenvalue weighted by atomic mass is 9.86. The number of amides is 1. The van der Waals surface area contributed by atoms with Gasteiger partial charge in [0.2, 0.25) is 5.91 Å². The second-order valence-corrected chi connectivity index (χ2v) is 5.47. The molecule has 116 valence electrons. The summed E-state index contributed by atoms with van der Waals surface area (Å²) < 4.78 is 10.4. The molecule has 0 bridgehead atoms. The van der Waals surface area contributed by atoms with Crippen LogP contribution in [0.2, 0.25) is 0 Å². The van der Waals surface area contributed by atoms with Crippen LogP contribution in [0.15, 0.2) is 24.3 Å². The van der Waals surface area contributed by atoms with E-state index in [-0.39, 0.29) is 17.9 Å². The molecular formula is C16H24N2O3. The Labute approximate surface area is 125 Å². The summed E-state index contributed by atoms with van der Waals surface area (Å²) in [7, 11) is 1.64. The van der Waals surface area contributed by atoms with Crippen molar-refractivity contribution >= 4 is 11.6 Å². The number of carbonyl (C=O) groups excluding carboxylic acids is 1. The van der Waals surface area contributed by atoms with Gasteiger partial charge in [0.25, 0.3) is 0 Å². The number of carbonyl (C=O) groups is 1. The molecule has 1 fully saturated rings. The van der Waals surface area contributed by atoms with E-state index < -0.39 is 0 Å². The molecule has 5 heteroatoms. The monoisotopic (exact) mass is 292 g/mol. The number of methoxy groups -OCH3 is 1. The number of nitrogens with two attached hydrogens (primary N) is 1. The van der Waals surface area contributed by atoms with Crippen LogP contribution in [-0.2, 0) is 9.53 Å². The van der Waals surface area contributed by atoms with Crippen molar-refractivity contribution in [3.63, 3.8) is 0 Å². The van der Waals surface area contributed by atoms with E-state index in [9.17, 15) is 4.79 Å². The Hall–Kier alpha value is -1.59. The average molecular weight is 292 g/mol. The van der Waals surface area contributed by atoms with Crippen molar-refractivity contribution in [3.05, 3.63) is 24.3 Å². The van der Waals surface area contributed by atoms with Crippen molar-refractivity contribution in [2.24, 2.45) is 11.7 Å². The molecule has 1 aliphatic carbocycles. The molecule has 0 aromatic heterocycles. The quantitative estimate of drug-likeness (QED) is 0.788. The fourth-order valence-electron chi connectivity index (χ4n) is 2.50. The molecule has 21 heavy (non-hydrogen) atoms. The molecule has 0 unspecified atom stereocenters. The minimum absolute atomic E-state index is 0.0856. The van der Waals surface area contributed by atoms with E-state index in [4.69, 9.17) is 15.2 Å². The van der Waals surface area contributed by atoms with Crippen molar-refractivity contribution in [1.29, 1.82) is 0 Å². The van der Waals surface area contributed by atoms with Gasteiger partial charge in [0.15, 0.2) is 0 Å². The lowest BCUT2D eigenvalue weighted by molar-refractivity contribution is -0.120. The van der Waals surface area contributed by atoms with Crippen LogP contribution in [0.1, 0.15) is 25.7 Å². The third-order valence-electron chi connectivity index (χ3n) is 3.82. The topological polar surface area (TPSA) is 73.6 Å². The number of ether oxygens (including phenoxy) is 2. The Bertz CT molecular complexity index is 439.